The topological polar surface area (TPSA) is 47.4 Å². The highest BCUT2D eigenvalue weighted by Gasteiger charge is 2.20. The Morgan fingerprint density at radius 1 is 1.19 bits per heavy atom. The normalized spacial score (nSPS) is 16.0. The second-order valence-electron chi connectivity index (χ2n) is 6.70. The number of hydrogen-bond donors (Lipinski definition) is 0. The van der Waals surface area contributed by atoms with Crippen molar-refractivity contribution in [3.8, 4) is 5.75 Å². The van der Waals surface area contributed by atoms with E-state index in [1.165, 1.54) is 22.9 Å². The van der Waals surface area contributed by atoms with Crippen LogP contribution in [0.1, 0.15) is 24.8 Å². The Morgan fingerprint density at radius 3 is 2.54 bits per heavy atom. The first kappa shape index (κ1) is 19.2. The number of methoxy groups -OCH3 is 1. The van der Waals surface area contributed by atoms with Crippen LogP contribution in [0, 0.1) is 5.92 Å². The summed E-state index contributed by atoms with van der Waals surface area (Å²) in [4.78, 5) is 14.3. The minimum absolute atomic E-state index is 0.0380. The summed E-state index contributed by atoms with van der Waals surface area (Å²) in [5.74, 6) is 1.61. The standard InChI is InChI=1S/C19H23Cl2N3O2/c1-26-16-6-4-14(5-7-16)2-3-15-8-10-23(11-9-15)13-24-19(25)18(21)17(20)12-22-24/h4-7,12,15H,2-3,8-11,13H2,1H3. The lowest BCUT2D eigenvalue weighted by Crippen LogP contribution is -2.39. The molecule has 0 bridgehead atoms. The summed E-state index contributed by atoms with van der Waals surface area (Å²) in [6.07, 6.45) is 5.96. The van der Waals surface area contributed by atoms with Gasteiger partial charge in [0.15, 0.2) is 0 Å². The molecule has 0 amide bonds. The van der Waals surface area contributed by atoms with Gasteiger partial charge in [0.2, 0.25) is 0 Å². The van der Waals surface area contributed by atoms with Gasteiger partial charge in [-0.3, -0.25) is 9.69 Å². The average molecular weight is 396 g/mol. The van der Waals surface area contributed by atoms with E-state index in [9.17, 15) is 4.79 Å². The highest BCUT2D eigenvalue weighted by atomic mass is 35.5. The first-order chi connectivity index (χ1) is 12.6. The monoisotopic (exact) mass is 395 g/mol. The van der Waals surface area contributed by atoms with Crippen molar-refractivity contribution in [2.45, 2.75) is 32.4 Å². The third kappa shape index (κ3) is 4.78. The molecule has 1 aliphatic heterocycles. The Morgan fingerprint density at radius 2 is 1.88 bits per heavy atom. The molecule has 1 fully saturated rings. The Labute approximate surface area is 163 Å². The summed E-state index contributed by atoms with van der Waals surface area (Å²) in [7, 11) is 1.68. The van der Waals surface area contributed by atoms with Gasteiger partial charge in [0.1, 0.15) is 10.8 Å². The van der Waals surface area contributed by atoms with Crippen LogP contribution in [0.15, 0.2) is 35.3 Å². The van der Waals surface area contributed by atoms with Gasteiger partial charge >= 0.3 is 0 Å². The molecule has 3 rings (SSSR count). The van der Waals surface area contributed by atoms with Crippen LogP contribution in [0.3, 0.4) is 0 Å². The van der Waals surface area contributed by atoms with Crippen molar-refractivity contribution < 1.29 is 4.74 Å². The predicted molar refractivity (Wildman–Crippen MR) is 104 cm³/mol. The van der Waals surface area contributed by atoms with Crippen molar-refractivity contribution in [1.82, 2.24) is 14.7 Å². The van der Waals surface area contributed by atoms with E-state index in [2.05, 4.69) is 22.1 Å². The van der Waals surface area contributed by atoms with E-state index in [0.29, 0.717) is 12.6 Å². The number of ether oxygens (including phenoxy) is 1. The summed E-state index contributed by atoms with van der Waals surface area (Å²) >= 11 is 11.7. The second kappa shape index (κ2) is 8.89. The van der Waals surface area contributed by atoms with Gasteiger partial charge in [0.05, 0.1) is 25.0 Å². The van der Waals surface area contributed by atoms with Gasteiger partial charge in [0, 0.05) is 13.1 Å². The number of piperidine rings is 1. The number of likely N-dealkylation sites (tertiary alicyclic amines) is 1. The maximum absolute atomic E-state index is 12.1. The lowest BCUT2D eigenvalue weighted by molar-refractivity contribution is 0.135. The second-order valence-corrected chi connectivity index (χ2v) is 7.49. The van der Waals surface area contributed by atoms with Gasteiger partial charge in [-0.05, 0) is 49.3 Å². The van der Waals surface area contributed by atoms with E-state index in [0.717, 1.165) is 38.1 Å². The molecule has 0 unspecified atom stereocenters. The van der Waals surface area contributed by atoms with Crippen LogP contribution in [0.25, 0.3) is 0 Å². The van der Waals surface area contributed by atoms with E-state index in [4.69, 9.17) is 27.9 Å². The Bertz CT molecular complexity index is 784. The molecule has 26 heavy (non-hydrogen) atoms. The molecule has 0 aliphatic carbocycles. The summed E-state index contributed by atoms with van der Waals surface area (Å²) in [6, 6.07) is 8.30. The van der Waals surface area contributed by atoms with Crippen LogP contribution in [-0.2, 0) is 13.1 Å². The van der Waals surface area contributed by atoms with E-state index in [1.54, 1.807) is 7.11 Å². The third-order valence-electron chi connectivity index (χ3n) is 4.98. The van der Waals surface area contributed by atoms with Crippen molar-refractivity contribution in [3.63, 3.8) is 0 Å². The van der Waals surface area contributed by atoms with Crippen LogP contribution in [0.5, 0.6) is 5.75 Å². The maximum atomic E-state index is 12.1. The number of halogens is 2. The van der Waals surface area contributed by atoms with E-state index in [1.807, 2.05) is 12.1 Å². The number of benzene rings is 1. The van der Waals surface area contributed by atoms with Gasteiger partial charge < -0.3 is 4.74 Å². The molecule has 140 valence electrons. The first-order valence-corrected chi connectivity index (χ1v) is 9.59. The molecule has 0 spiro atoms. The summed E-state index contributed by atoms with van der Waals surface area (Å²) < 4.78 is 6.58. The summed E-state index contributed by atoms with van der Waals surface area (Å²) in [6.45, 7) is 2.38. The lowest BCUT2D eigenvalue weighted by atomic mass is 9.91. The molecular formula is C19H23Cl2N3O2. The van der Waals surface area contributed by atoms with Gasteiger partial charge in [-0.2, -0.15) is 5.10 Å². The molecule has 0 radical (unpaired) electrons. The molecule has 0 saturated carbocycles. The fourth-order valence-corrected chi connectivity index (χ4v) is 3.59. The highest BCUT2D eigenvalue weighted by molar-refractivity contribution is 6.41. The number of hydrogen-bond acceptors (Lipinski definition) is 4. The minimum Gasteiger partial charge on any atom is -0.497 e. The lowest BCUT2D eigenvalue weighted by Gasteiger charge is -2.31. The van der Waals surface area contributed by atoms with Crippen LogP contribution >= 0.6 is 23.2 Å². The summed E-state index contributed by atoms with van der Waals surface area (Å²) in [5, 5.41) is 4.31. The molecule has 1 aromatic carbocycles. The SMILES string of the molecule is COc1ccc(CCC2CCN(Cn3ncc(Cl)c(Cl)c3=O)CC2)cc1. The molecule has 5 nitrogen and oxygen atoms in total. The third-order valence-corrected chi connectivity index (χ3v) is 5.73. The molecule has 2 heterocycles. The fraction of sp³-hybridized carbons (Fsp3) is 0.474. The minimum atomic E-state index is -0.333. The van der Waals surface area contributed by atoms with Crippen LogP contribution in [-0.4, -0.2) is 34.9 Å². The van der Waals surface area contributed by atoms with E-state index < -0.39 is 0 Å². The molecule has 1 saturated heterocycles. The van der Waals surface area contributed by atoms with Crippen molar-refractivity contribution >= 4 is 23.2 Å². The van der Waals surface area contributed by atoms with Crippen LogP contribution in [0.4, 0.5) is 0 Å². The van der Waals surface area contributed by atoms with Gasteiger partial charge in [-0.15, -0.1) is 0 Å². The molecule has 7 heteroatoms. The average Bonchev–Trinajstić information content (AvgIpc) is 2.68. The zero-order valence-corrected chi connectivity index (χ0v) is 16.3. The van der Waals surface area contributed by atoms with Crippen LogP contribution in [0.2, 0.25) is 10.0 Å². The Hall–Kier alpha value is -1.56. The number of aryl methyl sites for hydroxylation is 1. The smallest absolute Gasteiger partial charge is 0.288 e. The van der Waals surface area contributed by atoms with Gasteiger partial charge in [0.25, 0.3) is 5.56 Å². The Kier molecular flexibility index (Phi) is 6.57. The first-order valence-electron chi connectivity index (χ1n) is 8.83. The van der Waals surface area contributed by atoms with Gasteiger partial charge in [-0.1, -0.05) is 35.3 Å². The van der Waals surface area contributed by atoms with E-state index in [-0.39, 0.29) is 15.6 Å². The molecular weight excluding hydrogens is 373 g/mol. The van der Waals surface area contributed by atoms with Crippen molar-refractivity contribution in [2.24, 2.45) is 5.92 Å². The van der Waals surface area contributed by atoms with E-state index >= 15 is 0 Å². The molecule has 0 atom stereocenters. The molecule has 1 aromatic heterocycles. The number of nitrogens with zero attached hydrogens (tertiary/aromatic N) is 3. The zero-order chi connectivity index (χ0) is 18.5. The van der Waals surface area contributed by atoms with Crippen molar-refractivity contribution in [3.05, 3.63) is 56.4 Å². The number of rotatable bonds is 6. The van der Waals surface area contributed by atoms with Gasteiger partial charge in [-0.25, -0.2) is 4.68 Å². The van der Waals surface area contributed by atoms with Crippen molar-refractivity contribution in [1.29, 1.82) is 0 Å². The summed E-state index contributed by atoms with van der Waals surface area (Å²) in [5.41, 5.74) is 1.01. The zero-order valence-electron chi connectivity index (χ0n) is 14.8. The fourth-order valence-electron chi connectivity index (χ4n) is 3.31. The predicted octanol–water partition coefficient (Wildman–Crippen LogP) is 3.86. The molecule has 1 aliphatic rings. The molecule has 0 N–H and O–H groups in total. The maximum Gasteiger partial charge on any atom is 0.288 e. The van der Waals surface area contributed by atoms with Crippen LogP contribution < -0.4 is 10.3 Å². The van der Waals surface area contributed by atoms with Crippen molar-refractivity contribution in [2.75, 3.05) is 20.2 Å². The quantitative estimate of drug-likeness (QED) is 0.744. The largest absolute Gasteiger partial charge is 0.497 e. The number of aromatic nitrogens is 2. The Balaban J connectivity index is 1.47. The molecule has 2 aromatic rings. The highest BCUT2D eigenvalue weighted by Crippen LogP contribution is 2.23.